The van der Waals surface area contributed by atoms with Gasteiger partial charge in [-0.1, -0.05) is 47.5 Å². The Morgan fingerprint density at radius 3 is 1.19 bits per heavy atom. The van der Waals surface area contributed by atoms with Crippen LogP contribution in [0.4, 0.5) is 0 Å². The van der Waals surface area contributed by atoms with E-state index >= 15 is 0 Å². The third-order valence-electron chi connectivity index (χ3n) is 9.02. The molecule has 7 rings (SSSR count). The Labute approximate surface area is 303 Å². The van der Waals surface area contributed by atoms with E-state index in [4.69, 9.17) is 18.3 Å². The van der Waals surface area contributed by atoms with Gasteiger partial charge >= 0.3 is 20.2 Å². The van der Waals surface area contributed by atoms with E-state index in [0.29, 0.717) is 35.8 Å². The molecule has 0 spiro atoms. The van der Waals surface area contributed by atoms with Gasteiger partial charge in [-0.15, -0.1) is 0 Å². The molecule has 0 saturated heterocycles. The molecule has 266 valence electrons. The van der Waals surface area contributed by atoms with Crippen molar-refractivity contribution in [3.8, 4) is 34.3 Å². The lowest BCUT2D eigenvalue weighted by Gasteiger charge is -2.18. The number of nitrogens with zero attached hydrogens (tertiary/aromatic N) is 4. The van der Waals surface area contributed by atoms with E-state index < -0.39 is 20.2 Å². The summed E-state index contributed by atoms with van der Waals surface area (Å²) in [7, 11) is -8.76. The molecule has 5 aromatic carbocycles. The van der Waals surface area contributed by atoms with Crippen LogP contribution in [0.3, 0.4) is 0 Å². The van der Waals surface area contributed by atoms with E-state index in [2.05, 4.69) is 0 Å². The number of aromatic nitrogens is 4. The van der Waals surface area contributed by atoms with Gasteiger partial charge in [-0.05, 0) is 113 Å². The SMILES string of the molecule is CCn1c(-c2cc(OS(=O)(=O)c3ccc(C)cc3)c(-c3nc4cc(C)ccc4n3CC)cc2OS(=O)(=O)c2ccc(C)cc2)nc2cc(C)ccc21. The van der Waals surface area contributed by atoms with Crippen LogP contribution in [0.5, 0.6) is 11.5 Å². The number of hydrogen-bond donors (Lipinski definition) is 0. The second kappa shape index (κ2) is 13.3. The zero-order chi connectivity index (χ0) is 36.9. The van der Waals surface area contributed by atoms with Crippen molar-refractivity contribution in [2.24, 2.45) is 0 Å². The first-order chi connectivity index (χ1) is 24.8. The van der Waals surface area contributed by atoms with Gasteiger partial charge in [0.1, 0.15) is 21.4 Å². The van der Waals surface area contributed by atoms with E-state index in [-0.39, 0.29) is 32.4 Å². The standard InChI is InChI=1S/C40H38N4O6S2/c1-7-43-35-19-13-27(5)21-33(35)41-39(43)31-23-38(50-52(47,48)30-17-11-26(4)12-18-30)32(40-42-34-22-28(6)14-20-36(34)44(40)8-2)24-37(31)49-51(45,46)29-15-9-25(3)10-16-29/h9-24H,7-8H2,1-6H3. The Balaban J connectivity index is 1.54. The fourth-order valence-electron chi connectivity index (χ4n) is 6.32. The molecule has 2 heterocycles. The highest BCUT2D eigenvalue weighted by atomic mass is 32.2. The molecule has 7 aromatic rings. The molecule has 12 heteroatoms. The second-order valence-electron chi connectivity index (χ2n) is 12.9. The summed E-state index contributed by atoms with van der Waals surface area (Å²) in [6.45, 7) is 12.5. The van der Waals surface area contributed by atoms with Crippen LogP contribution in [0, 0.1) is 27.7 Å². The highest BCUT2D eigenvalue weighted by Crippen LogP contribution is 2.44. The predicted molar refractivity (Wildman–Crippen MR) is 203 cm³/mol. The maximum Gasteiger partial charge on any atom is 0.339 e. The van der Waals surface area contributed by atoms with Gasteiger partial charge in [-0.3, -0.25) is 0 Å². The quantitative estimate of drug-likeness (QED) is 0.128. The summed E-state index contributed by atoms with van der Waals surface area (Å²) in [5, 5.41) is 0. The van der Waals surface area contributed by atoms with Crippen molar-refractivity contribution in [2.75, 3.05) is 0 Å². The van der Waals surface area contributed by atoms with E-state index in [9.17, 15) is 16.8 Å². The Hall–Kier alpha value is -5.46. The van der Waals surface area contributed by atoms with E-state index in [1.165, 1.54) is 36.4 Å². The summed E-state index contributed by atoms with van der Waals surface area (Å²) < 4.78 is 71.7. The summed E-state index contributed by atoms with van der Waals surface area (Å²) in [6.07, 6.45) is 0. The Morgan fingerprint density at radius 2 is 0.846 bits per heavy atom. The molecule has 0 atom stereocenters. The van der Waals surface area contributed by atoms with Gasteiger partial charge in [-0.25, -0.2) is 9.97 Å². The largest absolute Gasteiger partial charge is 0.378 e. The van der Waals surface area contributed by atoms with Gasteiger partial charge < -0.3 is 17.5 Å². The van der Waals surface area contributed by atoms with E-state index in [1.807, 2.05) is 87.1 Å². The van der Waals surface area contributed by atoms with Crippen molar-refractivity contribution < 1.29 is 25.2 Å². The summed E-state index contributed by atoms with van der Waals surface area (Å²) in [5.41, 5.74) is 7.22. The molecule has 10 nitrogen and oxygen atoms in total. The topological polar surface area (TPSA) is 122 Å². The molecule has 0 aliphatic carbocycles. The maximum atomic E-state index is 13.9. The summed E-state index contributed by atoms with van der Waals surface area (Å²) in [6, 6.07) is 27.4. The minimum atomic E-state index is -4.38. The molecule has 0 radical (unpaired) electrons. The van der Waals surface area contributed by atoms with Crippen molar-refractivity contribution in [1.82, 2.24) is 19.1 Å². The predicted octanol–water partition coefficient (Wildman–Crippen LogP) is 8.53. The first kappa shape index (κ1) is 35.0. The van der Waals surface area contributed by atoms with Crippen molar-refractivity contribution in [1.29, 1.82) is 0 Å². The molecule has 0 saturated carbocycles. The zero-order valence-electron chi connectivity index (χ0n) is 29.7. The third-order valence-corrected chi connectivity index (χ3v) is 11.5. The van der Waals surface area contributed by atoms with E-state index in [0.717, 1.165) is 33.3 Å². The number of hydrogen-bond acceptors (Lipinski definition) is 8. The molecule has 0 bridgehead atoms. The lowest BCUT2D eigenvalue weighted by atomic mass is 10.1. The highest BCUT2D eigenvalue weighted by Gasteiger charge is 2.29. The highest BCUT2D eigenvalue weighted by molar-refractivity contribution is 7.87. The van der Waals surface area contributed by atoms with Crippen LogP contribution in [0.25, 0.3) is 44.8 Å². The van der Waals surface area contributed by atoms with Crippen LogP contribution in [-0.4, -0.2) is 35.9 Å². The zero-order valence-corrected chi connectivity index (χ0v) is 31.3. The molecule has 0 N–H and O–H groups in total. The minimum Gasteiger partial charge on any atom is -0.378 e. The Bertz CT molecular complexity index is 2530. The molecule has 0 aliphatic heterocycles. The van der Waals surface area contributed by atoms with Gasteiger partial charge in [0.2, 0.25) is 0 Å². The second-order valence-corrected chi connectivity index (χ2v) is 16.0. The summed E-state index contributed by atoms with van der Waals surface area (Å²) in [4.78, 5) is 9.80. The lowest BCUT2D eigenvalue weighted by Crippen LogP contribution is -2.14. The molecule has 0 amide bonds. The van der Waals surface area contributed by atoms with Crippen molar-refractivity contribution >= 4 is 42.3 Å². The van der Waals surface area contributed by atoms with Gasteiger partial charge in [0, 0.05) is 13.1 Å². The third kappa shape index (κ3) is 6.44. The Kier molecular flexibility index (Phi) is 8.92. The van der Waals surface area contributed by atoms with Crippen LogP contribution in [0.15, 0.2) is 107 Å². The normalized spacial score (nSPS) is 12.1. The fraction of sp³-hybridized carbons (Fsp3) is 0.200. The van der Waals surface area contributed by atoms with Crippen LogP contribution in [0.2, 0.25) is 0 Å². The number of rotatable bonds is 10. The monoisotopic (exact) mass is 734 g/mol. The van der Waals surface area contributed by atoms with Gasteiger partial charge in [0.15, 0.2) is 11.5 Å². The maximum absolute atomic E-state index is 13.9. The van der Waals surface area contributed by atoms with Crippen LogP contribution in [-0.2, 0) is 33.3 Å². The summed E-state index contributed by atoms with van der Waals surface area (Å²) in [5.74, 6) is 0.619. The van der Waals surface area contributed by atoms with Crippen LogP contribution in [0.1, 0.15) is 36.1 Å². The van der Waals surface area contributed by atoms with Gasteiger partial charge in [-0.2, -0.15) is 16.8 Å². The van der Waals surface area contributed by atoms with Crippen molar-refractivity contribution in [3.63, 3.8) is 0 Å². The van der Waals surface area contributed by atoms with Crippen molar-refractivity contribution in [2.45, 2.75) is 64.4 Å². The fourth-order valence-corrected chi connectivity index (χ4v) is 8.20. The average Bonchev–Trinajstić information content (AvgIpc) is 3.65. The molecule has 52 heavy (non-hydrogen) atoms. The molecule has 0 aliphatic rings. The smallest absolute Gasteiger partial charge is 0.339 e. The first-order valence-electron chi connectivity index (χ1n) is 16.9. The van der Waals surface area contributed by atoms with Gasteiger partial charge in [0.25, 0.3) is 0 Å². The summed E-state index contributed by atoms with van der Waals surface area (Å²) >= 11 is 0. The average molecular weight is 735 g/mol. The Morgan fingerprint density at radius 1 is 0.500 bits per heavy atom. The van der Waals surface area contributed by atoms with Crippen LogP contribution < -0.4 is 8.37 Å². The van der Waals surface area contributed by atoms with Gasteiger partial charge in [0.05, 0.1) is 33.2 Å². The molecular weight excluding hydrogens is 697 g/mol. The lowest BCUT2D eigenvalue weighted by molar-refractivity contribution is 0.478. The molecule has 2 aromatic heterocycles. The van der Waals surface area contributed by atoms with Crippen molar-refractivity contribution in [3.05, 3.63) is 119 Å². The molecule has 0 fully saturated rings. The number of fused-ring (bicyclic) bond motifs is 2. The number of imidazole rings is 2. The minimum absolute atomic E-state index is 0.0382. The van der Waals surface area contributed by atoms with Crippen LogP contribution >= 0.6 is 0 Å². The first-order valence-corrected chi connectivity index (χ1v) is 19.7. The molecular formula is C40H38N4O6S2. The number of benzene rings is 5. The molecule has 0 unspecified atom stereocenters. The number of aryl methyl sites for hydroxylation is 6. The van der Waals surface area contributed by atoms with E-state index in [1.54, 1.807) is 24.3 Å².